The highest BCUT2D eigenvalue weighted by Crippen LogP contribution is 2.42. The topological polar surface area (TPSA) is 34.1 Å². The summed E-state index contributed by atoms with van der Waals surface area (Å²) < 4.78 is 0. The average molecular weight is 208 g/mol. The highest BCUT2D eigenvalue weighted by atomic mass is 16.1. The van der Waals surface area contributed by atoms with Crippen LogP contribution in [0.2, 0.25) is 0 Å². The highest BCUT2D eigenvalue weighted by Gasteiger charge is 2.36. The van der Waals surface area contributed by atoms with E-state index in [0.717, 1.165) is 5.57 Å². The SMILES string of the molecule is CCC(=O)C[C@H]1CC(=O)C=C(C)C1(C)C. The molecular formula is C13H20O2. The Bertz CT molecular complexity index is 310. The van der Waals surface area contributed by atoms with Crippen molar-refractivity contribution in [3.8, 4) is 0 Å². The summed E-state index contributed by atoms with van der Waals surface area (Å²) in [6.45, 7) is 8.11. The van der Waals surface area contributed by atoms with Crippen LogP contribution in [0, 0.1) is 11.3 Å². The van der Waals surface area contributed by atoms with Crippen molar-refractivity contribution < 1.29 is 9.59 Å². The third-order valence-corrected chi connectivity index (χ3v) is 3.73. The van der Waals surface area contributed by atoms with E-state index in [1.807, 2.05) is 13.8 Å². The summed E-state index contributed by atoms with van der Waals surface area (Å²) >= 11 is 0. The molecule has 0 aromatic rings. The second kappa shape index (κ2) is 4.30. The molecule has 0 aliphatic heterocycles. The van der Waals surface area contributed by atoms with Gasteiger partial charge in [0.2, 0.25) is 0 Å². The molecule has 0 N–H and O–H groups in total. The molecule has 1 aliphatic carbocycles. The predicted octanol–water partition coefficient (Wildman–Crippen LogP) is 2.92. The van der Waals surface area contributed by atoms with Crippen LogP contribution in [0.1, 0.15) is 47.0 Å². The fourth-order valence-electron chi connectivity index (χ4n) is 2.05. The first-order chi connectivity index (χ1) is 6.87. The molecule has 0 heterocycles. The summed E-state index contributed by atoms with van der Waals surface area (Å²) in [5.74, 6) is 0.610. The first-order valence-electron chi connectivity index (χ1n) is 5.61. The summed E-state index contributed by atoms with van der Waals surface area (Å²) in [5.41, 5.74) is 1.09. The maximum Gasteiger partial charge on any atom is 0.155 e. The van der Waals surface area contributed by atoms with E-state index in [1.165, 1.54) is 0 Å². The van der Waals surface area contributed by atoms with Crippen molar-refractivity contribution in [3.63, 3.8) is 0 Å². The molecule has 0 spiro atoms. The van der Waals surface area contributed by atoms with Gasteiger partial charge in [-0.25, -0.2) is 0 Å². The molecule has 0 aromatic heterocycles. The quantitative estimate of drug-likeness (QED) is 0.714. The van der Waals surface area contributed by atoms with Crippen LogP contribution in [0.5, 0.6) is 0 Å². The maximum atomic E-state index is 11.5. The van der Waals surface area contributed by atoms with Crippen LogP contribution < -0.4 is 0 Å². The van der Waals surface area contributed by atoms with E-state index in [0.29, 0.717) is 19.3 Å². The predicted molar refractivity (Wildman–Crippen MR) is 60.6 cm³/mol. The van der Waals surface area contributed by atoms with Gasteiger partial charge in [-0.3, -0.25) is 9.59 Å². The molecule has 0 amide bonds. The van der Waals surface area contributed by atoms with Crippen LogP contribution in [0.15, 0.2) is 11.6 Å². The lowest BCUT2D eigenvalue weighted by Gasteiger charge is -2.37. The van der Waals surface area contributed by atoms with Crippen molar-refractivity contribution in [2.75, 3.05) is 0 Å². The van der Waals surface area contributed by atoms with E-state index >= 15 is 0 Å². The van der Waals surface area contributed by atoms with Gasteiger partial charge in [-0.05, 0) is 24.3 Å². The van der Waals surface area contributed by atoms with Crippen LogP contribution >= 0.6 is 0 Å². The minimum atomic E-state index is -0.0151. The van der Waals surface area contributed by atoms with Crippen LogP contribution in [-0.2, 0) is 9.59 Å². The standard InChI is InChI=1S/C13H20O2/c1-5-11(14)7-10-8-12(15)6-9(2)13(10,3)4/h6,10H,5,7-8H2,1-4H3/t10-/m0/s1. The van der Waals surface area contributed by atoms with Gasteiger partial charge in [0.05, 0.1) is 0 Å². The molecule has 0 saturated carbocycles. The number of carbonyl (C=O) groups excluding carboxylic acids is 2. The molecule has 0 bridgehead atoms. The Hall–Kier alpha value is -0.920. The van der Waals surface area contributed by atoms with Gasteiger partial charge in [0.1, 0.15) is 5.78 Å². The Labute approximate surface area is 91.7 Å². The lowest BCUT2D eigenvalue weighted by molar-refractivity contribution is -0.122. The third kappa shape index (κ3) is 2.55. The molecule has 15 heavy (non-hydrogen) atoms. The summed E-state index contributed by atoms with van der Waals surface area (Å²) in [7, 11) is 0. The van der Waals surface area contributed by atoms with Crippen molar-refractivity contribution >= 4 is 11.6 Å². The lowest BCUT2D eigenvalue weighted by atomic mass is 9.66. The van der Waals surface area contributed by atoms with Gasteiger partial charge in [0.15, 0.2) is 5.78 Å². The van der Waals surface area contributed by atoms with E-state index in [1.54, 1.807) is 6.08 Å². The third-order valence-electron chi connectivity index (χ3n) is 3.73. The number of hydrogen-bond donors (Lipinski definition) is 0. The fourth-order valence-corrected chi connectivity index (χ4v) is 2.05. The Morgan fingerprint density at radius 2 is 2.13 bits per heavy atom. The molecule has 0 saturated heterocycles. The van der Waals surface area contributed by atoms with Crippen molar-refractivity contribution in [2.45, 2.75) is 47.0 Å². The van der Waals surface area contributed by atoms with Gasteiger partial charge in [-0.2, -0.15) is 0 Å². The molecule has 1 atom stereocenters. The molecule has 2 heteroatoms. The Kier molecular flexibility index (Phi) is 3.48. The van der Waals surface area contributed by atoms with Crippen LogP contribution in [-0.4, -0.2) is 11.6 Å². The van der Waals surface area contributed by atoms with Crippen molar-refractivity contribution in [3.05, 3.63) is 11.6 Å². The van der Waals surface area contributed by atoms with Crippen LogP contribution in [0.25, 0.3) is 0 Å². The number of Topliss-reactive ketones (excluding diaryl/α,β-unsaturated/α-hetero) is 1. The number of rotatable bonds is 3. The Morgan fingerprint density at radius 1 is 1.53 bits per heavy atom. The van der Waals surface area contributed by atoms with Crippen molar-refractivity contribution in [1.29, 1.82) is 0 Å². The van der Waals surface area contributed by atoms with E-state index in [2.05, 4.69) is 13.8 Å². The van der Waals surface area contributed by atoms with Crippen LogP contribution in [0.3, 0.4) is 0 Å². The lowest BCUT2D eigenvalue weighted by Crippen LogP contribution is -2.33. The summed E-state index contributed by atoms with van der Waals surface area (Å²) in [4.78, 5) is 22.9. The van der Waals surface area contributed by atoms with E-state index in [-0.39, 0.29) is 22.9 Å². The van der Waals surface area contributed by atoms with Crippen LogP contribution in [0.4, 0.5) is 0 Å². The van der Waals surface area contributed by atoms with Gasteiger partial charge in [-0.15, -0.1) is 0 Å². The average Bonchev–Trinajstić information content (AvgIpc) is 2.14. The van der Waals surface area contributed by atoms with Gasteiger partial charge in [0.25, 0.3) is 0 Å². The minimum Gasteiger partial charge on any atom is -0.300 e. The van der Waals surface area contributed by atoms with Gasteiger partial charge in [0, 0.05) is 19.3 Å². The number of hydrogen-bond acceptors (Lipinski definition) is 2. The Balaban J connectivity index is 2.86. The molecule has 0 aromatic carbocycles. The number of ketones is 2. The molecular weight excluding hydrogens is 188 g/mol. The zero-order chi connectivity index (χ0) is 11.6. The van der Waals surface area contributed by atoms with Crippen molar-refractivity contribution in [2.24, 2.45) is 11.3 Å². The minimum absolute atomic E-state index is 0.0151. The summed E-state index contributed by atoms with van der Waals surface area (Å²) in [6, 6.07) is 0. The maximum absolute atomic E-state index is 11.5. The molecule has 2 nitrogen and oxygen atoms in total. The van der Waals surface area contributed by atoms with E-state index in [9.17, 15) is 9.59 Å². The normalized spacial score (nSPS) is 24.9. The zero-order valence-corrected chi connectivity index (χ0v) is 10.1. The molecule has 1 rings (SSSR count). The van der Waals surface area contributed by atoms with Gasteiger partial charge >= 0.3 is 0 Å². The molecule has 0 radical (unpaired) electrons. The zero-order valence-electron chi connectivity index (χ0n) is 10.1. The van der Waals surface area contributed by atoms with Gasteiger partial charge < -0.3 is 0 Å². The van der Waals surface area contributed by atoms with E-state index < -0.39 is 0 Å². The highest BCUT2D eigenvalue weighted by molar-refractivity contribution is 5.92. The first kappa shape index (κ1) is 12.2. The van der Waals surface area contributed by atoms with Gasteiger partial charge in [-0.1, -0.05) is 26.3 Å². The molecule has 1 aliphatic rings. The Morgan fingerprint density at radius 3 is 2.67 bits per heavy atom. The molecule has 0 unspecified atom stereocenters. The van der Waals surface area contributed by atoms with E-state index in [4.69, 9.17) is 0 Å². The second-order valence-corrected chi connectivity index (χ2v) is 5.01. The summed E-state index contributed by atoms with van der Waals surface area (Å²) in [5, 5.41) is 0. The smallest absolute Gasteiger partial charge is 0.155 e. The first-order valence-corrected chi connectivity index (χ1v) is 5.61. The molecule has 84 valence electrons. The number of allylic oxidation sites excluding steroid dienone is 2. The second-order valence-electron chi connectivity index (χ2n) is 5.01. The number of carbonyl (C=O) groups is 2. The largest absolute Gasteiger partial charge is 0.300 e. The monoisotopic (exact) mass is 208 g/mol. The van der Waals surface area contributed by atoms with Crippen molar-refractivity contribution in [1.82, 2.24) is 0 Å². The molecule has 0 fully saturated rings. The fraction of sp³-hybridized carbons (Fsp3) is 0.692. The summed E-state index contributed by atoms with van der Waals surface area (Å²) in [6.07, 6.45) is 3.37.